The number of halogens is 3. The minimum absolute atomic E-state index is 0.241. The van der Waals surface area contributed by atoms with Gasteiger partial charge in [0.1, 0.15) is 17.6 Å². The topological polar surface area (TPSA) is 55.0 Å². The molecule has 4 rings (SSSR count). The van der Waals surface area contributed by atoms with Crippen LogP contribution in [0.2, 0.25) is 15.1 Å². The summed E-state index contributed by atoms with van der Waals surface area (Å²) in [6.07, 6.45) is 2.08. The van der Waals surface area contributed by atoms with Crippen molar-refractivity contribution in [2.75, 3.05) is 6.61 Å². The molecule has 1 aromatic heterocycles. The van der Waals surface area contributed by atoms with Gasteiger partial charge in [-0.15, -0.1) is 0 Å². The normalized spacial score (nSPS) is 16.0. The first kappa shape index (κ1) is 19.8. The largest absolute Gasteiger partial charge is 0.482 e. The lowest BCUT2D eigenvalue weighted by Gasteiger charge is -2.20. The van der Waals surface area contributed by atoms with Crippen molar-refractivity contribution >= 4 is 46.4 Å². The molecule has 3 aromatic rings. The highest BCUT2D eigenvalue weighted by Crippen LogP contribution is 2.34. The van der Waals surface area contributed by atoms with Gasteiger partial charge in [-0.25, -0.2) is 5.01 Å². The van der Waals surface area contributed by atoms with E-state index >= 15 is 0 Å². The highest BCUT2D eigenvalue weighted by atomic mass is 35.5. The van der Waals surface area contributed by atoms with E-state index in [1.165, 1.54) is 5.01 Å². The van der Waals surface area contributed by atoms with Gasteiger partial charge in [-0.1, -0.05) is 46.9 Å². The average molecular weight is 450 g/mol. The van der Waals surface area contributed by atoms with Crippen molar-refractivity contribution in [2.45, 2.75) is 12.5 Å². The van der Waals surface area contributed by atoms with Crippen molar-refractivity contribution in [3.8, 4) is 5.75 Å². The quantitative estimate of drug-likeness (QED) is 0.480. The Labute approximate surface area is 182 Å². The molecule has 2 aromatic carbocycles. The van der Waals surface area contributed by atoms with Crippen molar-refractivity contribution in [1.29, 1.82) is 0 Å². The van der Waals surface area contributed by atoms with E-state index in [1.54, 1.807) is 42.7 Å². The van der Waals surface area contributed by atoms with Crippen molar-refractivity contribution < 1.29 is 13.9 Å². The molecule has 0 spiro atoms. The molecule has 1 aliphatic heterocycles. The van der Waals surface area contributed by atoms with E-state index in [9.17, 15) is 4.79 Å². The molecule has 5 nitrogen and oxygen atoms in total. The number of ether oxygens (including phenoxy) is 1. The standard InChI is InChI=1S/C21H15Cl3N2O3/c22-14-5-3-13(4-6-14)17-11-18(19-2-1-9-28-19)26(25-17)21(27)12-29-20-10-15(23)7-8-16(20)24/h1-10,18H,11-12H2. The molecular formula is C21H15Cl3N2O3. The number of furan rings is 1. The molecule has 8 heteroatoms. The molecule has 1 atom stereocenters. The summed E-state index contributed by atoms with van der Waals surface area (Å²) in [5.41, 5.74) is 1.65. The molecule has 0 aliphatic carbocycles. The van der Waals surface area contributed by atoms with E-state index in [0.717, 1.165) is 11.3 Å². The molecule has 0 saturated heterocycles. The van der Waals surface area contributed by atoms with E-state index < -0.39 is 0 Å². The van der Waals surface area contributed by atoms with E-state index in [-0.39, 0.29) is 18.6 Å². The predicted octanol–water partition coefficient (Wildman–Crippen LogP) is 6.00. The van der Waals surface area contributed by atoms with Crippen LogP contribution in [0, 0.1) is 0 Å². The Kier molecular flexibility index (Phi) is 5.81. The van der Waals surface area contributed by atoms with Crippen LogP contribution in [0.3, 0.4) is 0 Å². The average Bonchev–Trinajstić information content (AvgIpc) is 3.38. The summed E-state index contributed by atoms with van der Waals surface area (Å²) in [6, 6.07) is 15.4. The molecule has 0 bridgehead atoms. The number of benzene rings is 2. The Morgan fingerprint density at radius 2 is 1.86 bits per heavy atom. The smallest absolute Gasteiger partial charge is 0.281 e. The third-order valence-electron chi connectivity index (χ3n) is 4.46. The van der Waals surface area contributed by atoms with Crippen LogP contribution >= 0.6 is 34.8 Å². The first-order valence-electron chi connectivity index (χ1n) is 8.78. The van der Waals surface area contributed by atoms with Crippen molar-refractivity contribution in [1.82, 2.24) is 5.01 Å². The minimum Gasteiger partial charge on any atom is -0.482 e. The Hall–Kier alpha value is -2.47. The molecule has 1 aliphatic rings. The number of hydrogen-bond donors (Lipinski definition) is 0. The van der Waals surface area contributed by atoms with Crippen LogP contribution in [0.5, 0.6) is 5.75 Å². The van der Waals surface area contributed by atoms with E-state index in [1.807, 2.05) is 18.2 Å². The molecule has 1 amide bonds. The zero-order chi connectivity index (χ0) is 20.4. The van der Waals surface area contributed by atoms with Crippen molar-refractivity contribution in [2.24, 2.45) is 5.10 Å². The first-order valence-corrected chi connectivity index (χ1v) is 9.91. The van der Waals surface area contributed by atoms with Gasteiger partial charge < -0.3 is 9.15 Å². The number of carbonyl (C=O) groups is 1. The summed E-state index contributed by atoms with van der Waals surface area (Å²) < 4.78 is 11.1. The van der Waals surface area contributed by atoms with Crippen molar-refractivity contribution in [3.63, 3.8) is 0 Å². The fourth-order valence-corrected chi connectivity index (χ4v) is 3.51. The lowest BCUT2D eigenvalue weighted by molar-refractivity contribution is -0.135. The maximum absolute atomic E-state index is 12.9. The van der Waals surface area contributed by atoms with Gasteiger partial charge in [0.25, 0.3) is 5.91 Å². The van der Waals surface area contributed by atoms with Gasteiger partial charge in [-0.3, -0.25) is 4.79 Å². The summed E-state index contributed by atoms with van der Waals surface area (Å²) in [5.74, 6) is 0.654. The first-order chi connectivity index (χ1) is 14.0. The molecule has 0 radical (unpaired) electrons. The zero-order valence-electron chi connectivity index (χ0n) is 15.0. The van der Waals surface area contributed by atoms with Crippen LogP contribution in [0.1, 0.15) is 23.8 Å². The van der Waals surface area contributed by atoms with Crippen LogP contribution in [0.25, 0.3) is 0 Å². The van der Waals surface area contributed by atoms with Crippen LogP contribution < -0.4 is 4.74 Å². The second kappa shape index (κ2) is 8.49. The van der Waals surface area contributed by atoms with Crippen LogP contribution in [0.4, 0.5) is 0 Å². The van der Waals surface area contributed by atoms with Gasteiger partial charge in [-0.2, -0.15) is 5.10 Å². The SMILES string of the molecule is O=C(COc1cc(Cl)ccc1Cl)N1N=C(c2ccc(Cl)cc2)CC1c1ccco1. The van der Waals surface area contributed by atoms with Crippen LogP contribution in [0.15, 0.2) is 70.4 Å². The molecule has 148 valence electrons. The van der Waals surface area contributed by atoms with Gasteiger partial charge in [0, 0.05) is 22.5 Å². The number of amides is 1. The minimum atomic E-state index is -0.360. The second-order valence-corrected chi connectivity index (χ2v) is 7.67. The maximum atomic E-state index is 12.9. The Morgan fingerprint density at radius 1 is 1.10 bits per heavy atom. The van der Waals surface area contributed by atoms with E-state index in [0.29, 0.717) is 33.0 Å². The monoisotopic (exact) mass is 448 g/mol. The molecule has 0 saturated carbocycles. The number of rotatable bonds is 5. The van der Waals surface area contributed by atoms with Crippen LogP contribution in [-0.4, -0.2) is 23.2 Å². The van der Waals surface area contributed by atoms with E-state index in [4.69, 9.17) is 44.0 Å². The summed E-state index contributed by atoms with van der Waals surface area (Å²) in [7, 11) is 0. The molecule has 0 N–H and O–H groups in total. The van der Waals surface area contributed by atoms with E-state index in [2.05, 4.69) is 5.10 Å². The number of hydrazone groups is 1. The lowest BCUT2D eigenvalue weighted by atomic mass is 10.0. The Balaban J connectivity index is 1.56. The second-order valence-electron chi connectivity index (χ2n) is 6.39. The predicted molar refractivity (Wildman–Crippen MR) is 113 cm³/mol. The molecular weight excluding hydrogens is 435 g/mol. The summed E-state index contributed by atoms with van der Waals surface area (Å²) in [5, 5.41) is 7.40. The summed E-state index contributed by atoms with van der Waals surface area (Å²) in [6.45, 7) is -0.241. The van der Waals surface area contributed by atoms with Gasteiger partial charge in [0.15, 0.2) is 6.61 Å². The van der Waals surface area contributed by atoms with Gasteiger partial charge in [0.2, 0.25) is 0 Å². The highest BCUT2D eigenvalue weighted by Gasteiger charge is 2.35. The Bertz CT molecular complexity index is 1050. The lowest BCUT2D eigenvalue weighted by Crippen LogP contribution is -2.31. The van der Waals surface area contributed by atoms with Gasteiger partial charge in [-0.05, 0) is 42.0 Å². The Morgan fingerprint density at radius 3 is 2.59 bits per heavy atom. The van der Waals surface area contributed by atoms with Gasteiger partial charge >= 0.3 is 0 Å². The van der Waals surface area contributed by atoms with Gasteiger partial charge in [0.05, 0.1) is 17.0 Å². The molecule has 29 heavy (non-hydrogen) atoms. The maximum Gasteiger partial charge on any atom is 0.281 e. The van der Waals surface area contributed by atoms with Crippen molar-refractivity contribution in [3.05, 3.63) is 87.3 Å². The molecule has 2 heterocycles. The fourth-order valence-electron chi connectivity index (χ4n) is 3.05. The molecule has 0 fully saturated rings. The van der Waals surface area contributed by atoms with Crippen LogP contribution in [-0.2, 0) is 4.79 Å². The zero-order valence-corrected chi connectivity index (χ0v) is 17.3. The number of carbonyl (C=O) groups excluding carboxylic acids is 1. The third-order valence-corrected chi connectivity index (χ3v) is 5.26. The fraction of sp³-hybridized carbons (Fsp3) is 0.143. The number of hydrogen-bond acceptors (Lipinski definition) is 4. The number of nitrogens with zero attached hydrogens (tertiary/aromatic N) is 2. The highest BCUT2D eigenvalue weighted by molar-refractivity contribution is 6.34. The third kappa shape index (κ3) is 4.42. The molecule has 1 unspecified atom stereocenters. The summed E-state index contributed by atoms with van der Waals surface area (Å²) >= 11 is 18.0. The summed E-state index contributed by atoms with van der Waals surface area (Å²) in [4.78, 5) is 12.9.